The van der Waals surface area contributed by atoms with Crippen molar-refractivity contribution in [3.8, 4) is 0 Å². The molecule has 4 aliphatic rings. The number of hydrogen-bond donors (Lipinski definition) is 0. The summed E-state index contributed by atoms with van der Waals surface area (Å²) >= 11 is 0. The molecule has 28 heteroatoms. The second-order valence-electron chi connectivity index (χ2n) is 15.8. The molecule has 4 heterocycles. The quantitative estimate of drug-likeness (QED) is 0.0649. The molecule has 0 atom stereocenters. The summed E-state index contributed by atoms with van der Waals surface area (Å²) in [7, 11) is 0. The van der Waals surface area contributed by atoms with Gasteiger partial charge in [0.2, 0.25) is 0 Å². The predicted octanol–water partition coefficient (Wildman–Crippen LogP) is -2.13. The molecule has 376 valence electrons. The van der Waals surface area contributed by atoms with Crippen molar-refractivity contribution in [2.45, 2.75) is 103 Å². The van der Waals surface area contributed by atoms with Gasteiger partial charge in [-0.1, -0.05) is 0 Å². The van der Waals surface area contributed by atoms with Crippen LogP contribution in [-0.4, -0.2) is 167 Å². The van der Waals surface area contributed by atoms with Gasteiger partial charge in [0.1, 0.15) is 26.4 Å². The zero-order valence-electron chi connectivity index (χ0n) is 37.1. The van der Waals surface area contributed by atoms with Gasteiger partial charge < -0.3 is 38.3 Å². The van der Waals surface area contributed by atoms with Crippen molar-refractivity contribution in [1.29, 1.82) is 0 Å². The van der Waals surface area contributed by atoms with Crippen LogP contribution in [0.15, 0.2) is 0 Å². The largest absolute Gasteiger partial charge is 0.373 e. The first-order chi connectivity index (χ1) is 32.7. The Kier molecular flexibility index (Phi) is 20.9. The van der Waals surface area contributed by atoms with Crippen molar-refractivity contribution in [2.24, 2.45) is 5.41 Å². The average molecular weight is 981 g/mol. The molecule has 4 rings (SSSR count). The van der Waals surface area contributed by atoms with Crippen LogP contribution in [0.25, 0.3) is 0 Å². The Labute approximate surface area is 390 Å². The first-order valence-electron chi connectivity index (χ1n) is 21.4. The molecule has 0 radical (unpaired) electrons. The van der Waals surface area contributed by atoms with E-state index in [1.165, 1.54) is 0 Å². The van der Waals surface area contributed by atoms with Gasteiger partial charge in [-0.15, -0.1) is 20.3 Å². The first kappa shape index (κ1) is 54.6. The third-order valence-electron chi connectivity index (χ3n) is 9.91. The maximum atomic E-state index is 12.8. The van der Waals surface area contributed by atoms with E-state index < -0.39 is 204 Å². The lowest BCUT2D eigenvalue weighted by Gasteiger charge is -2.32. The minimum absolute atomic E-state index is 0.159. The van der Waals surface area contributed by atoms with E-state index in [-0.39, 0.29) is 51.4 Å². The highest BCUT2D eigenvalue weighted by molar-refractivity contribution is 6.03. The third kappa shape index (κ3) is 17.8. The minimum Gasteiger partial charge on any atom is -0.373 e. The van der Waals surface area contributed by atoms with E-state index in [0.717, 1.165) is 0 Å². The number of amides is 8. The van der Waals surface area contributed by atoms with Crippen molar-refractivity contribution in [2.75, 3.05) is 52.9 Å². The molecular weight excluding hydrogens is 932 g/mol. The summed E-state index contributed by atoms with van der Waals surface area (Å²) in [5.74, 6) is -13.0. The minimum atomic E-state index is -1.63. The van der Waals surface area contributed by atoms with Crippen LogP contribution in [0.5, 0.6) is 0 Å². The fourth-order valence-electron chi connectivity index (χ4n) is 6.25. The summed E-state index contributed by atoms with van der Waals surface area (Å²) in [6.07, 6.45) is -5.50. The number of hydroxylamine groups is 8. The molecule has 0 bridgehead atoms. The molecule has 0 aromatic rings. The summed E-state index contributed by atoms with van der Waals surface area (Å²) in [6.45, 7) is -5.05. The Bertz CT molecular complexity index is 1760. The predicted molar refractivity (Wildman–Crippen MR) is 211 cm³/mol. The van der Waals surface area contributed by atoms with E-state index in [1.54, 1.807) is 0 Å². The molecule has 0 spiro atoms. The second-order valence-corrected chi connectivity index (χ2v) is 15.8. The zero-order valence-corrected chi connectivity index (χ0v) is 37.1. The molecule has 69 heavy (non-hydrogen) atoms. The average Bonchev–Trinajstić information content (AvgIpc) is 4.01. The van der Waals surface area contributed by atoms with E-state index in [2.05, 4.69) is 0 Å². The highest BCUT2D eigenvalue weighted by Crippen LogP contribution is 2.23. The highest BCUT2D eigenvalue weighted by atomic mass is 16.7. The molecule has 0 aliphatic carbocycles. The lowest BCUT2D eigenvalue weighted by molar-refractivity contribution is -0.197. The molecular formula is C41H48N4O24. The van der Waals surface area contributed by atoms with Gasteiger partial charge in [-0.05, 0) is 0 Å². The van der Waals surface area contributed by atoms with E-state index >= 15 is 0 Å². The number of Topliss-reactive ketones (excluding diaryl/α,β-unsaturated/α-hetero) is 4. The maximum Gasteiger partial charge on any atom is 0.333 e. The second kappa shape index (κ2) is 26.5. The van der Waals surface area contributed by atoms with E-state index in [0.29, 0.717) is 20.3 Å². The molecule has 0 unspecified atom stereocenters. The molecule has 28 nitrogen and oxygen atoms in total. The third-order valence-corrected chi connectivity index (χ3v) is 9.91. The van der Waals surface area contributed by atoms with Crippen LogP contribution in [-0.2, 0) is 115 Å². The normalized spacial score (nSPS) is 16.2. The van der Waals surface area contributed by atoms with Gasteiger partial charge >= 0.3 is 23.9 Å². The Morgan fingerprint density at radius 2 is 0.478 bits per heavy atom. The molecule has 0 saturated carbocycles. The lowest BCUT2D eigenvalue weighted by atomic mass is 9.92. The van der Waals surface area contributed by atoms with Crippen LogP contribution in [0.4, 0.5) is 0 Å². The van der Waals surface area contributed by atoms with Gasteiger partial charge in [-0.3, -0.25) is 57.5 Å². The van der Waals surface area contributed by atoms with E-state index in [9.17, 15) is 76.7 Å². The SMILES string of the molecule is O=C(CCC(=O)ON1C(=O)CCC1=O)COCC(COCC(=O)CCC(=O)ON1C(=O)CCC1=O)(COCC(=O)CCC(=O)ON1C(=O)CCC1=O)COCC(=O)CCC(=O)ON1C(=O)CCC1=O. The molecule has 0 aromatic heterocycles. The Balaban J connectivity index is 1.39. The van der Waals surface area contributed by atoms with Crippen molar-refractivity contribution >= 4 is 94.3 Å². The summed E-state index contributed by atoms with van der Waals surface area (Å²) in [6, 6.07) is 0. The molecule has 4 saturated heterocycles. The van der Waals surface area contributed by atoms with Gasteiger partial charge in [0.25, 0.3) is 47.3 Å². The topological polar surface area (TPSA) is 360 Å². The van der Waals surface area contributed by atoms with E-state index in [4.69, 9.17) is 38.3 Å². The summed E-state index contributed by atoms with van der Waals surface area (Å²) in [4.78, 5) is 213. The number of imide groups is 4. The lowest BCUT2D eigenvalue weighted by Crippen LogP contribution is -2.43. The Morgan fingerprint density at radius 3 is 0.652 bits per heavy atom. The molecule has 4 aliphatic heterocycles. The van der Waals surface area contributed by atoms with Crippen molar-refractivity contribution in [3.63, 3.8) is 0 Å². The Morgan fingerprint density at radius 1 is 0.304 bits per heavy atom. The standard InChI is InChI=1S/C41H48N4O24/c46-25(1-13-37(58)66-42-29(50)5-6-30(42)51)17-62-21-41(22-63-18-26(47)2-14-38(59)67-43-31(52)7-8-32(43)53,23-64-19-27(48)3-15-39(60)68-44-33(54)9-10-34(44)55)24-65-20-28(49)4-16-40(61)69-45-35(56)11-12-36(45)57/h1-24H2. The number of ether oxygens (including phenoxy) is 4. The number of carbonyl (C=O) groups is 16. The fraction of sp³-hybridized carbons (Fsp3) is 0.610. The van der Waals surface area contributed by atoms with Crippen LogP contribution in [0, 0.1) is 5.41 Å². The van der Waals surface area contributed by atoms with Crippen molar-refractivity contribution in [3.05, 3.63) is 0 Å². The number of carbonyl (C=O) groups excluding carboxylic acids is 16. The van der Waals surface area contributed by atoms with Gasteiger partial charge in [0, 0.05) is 77.0 Å². The summed E-state index contributed by atoms with van der Waals surface area (Å²) in [5.41, 5.74) is -1.63. The summed E-state index contributed by atoms with van der Waals surface area (Å²) in [5, 5.41) is 1.21. The maximum absolute atomic E-state index is 12.8. The smallest absolute Gasteiger partial charge is 0.333 e. The summed E-state index contributed by atoms with van der Waals surface area (Å²) < 4.78 is 22.5. The number of rotatable bonds is 32. The van der Waals surface area contributed by atoms with E-state index in [1.807, 2.05) is 0 Å². The first-order valence-corrected chi connectivity index (χ1v) is 21.4. The van der Waals surface area contributed by atoms with Crippen LogP contribution < -0.4 is 0 Å². The number of nitrogens with zero attached hydrogens (tertiary/aromatic N) is 4. The van der Waals surface area contributed by atoms with Crippen molar-refractivity contribution in [1.82, 2.24) is 20.3 Å². The van der Waals surface area contributed by atoms with Gasteiger partial charge in [0.05, 0.1) is 57.5 Å². The van der Waals surface area contributed by atoms with Crippen LogP contribution >= 0.6 is 0 Å². The van der Waals surface area contributed by atoms with Gasteiger partial charge in [-0.25, -0.2) is 19.2 Å². The van der Waals surface area contributed by atoms with Gasteiger partial charge in [0.15, 0.2) is 23.1 Å². The molecule has 0 N–H and O–H groups in total. The van der Waals surface area contributed by atoms with Crippen LogP contribution in [0.2, 0.25) is 0 Å². The zero-order chi connectivity index (χ0) is 50.7. The van der Waals surface area contributed by atoms with Gasteiger partial charge in [-0.2, -0.15) is 0 Å². The molecule has 8 amide bonds. The fourth-order valence-corrected chi connectivity index (χ4v) is 6.25. The number of hydrogen-bond acceptors (Lipinski definition) is 24. The molecule has 4 fully saturated rings. The number of ketones is 4. The van der Waals surface area contributed by atoms with Crippen LogP contribution in [0.3, 0.4) is 0 Å². The van der Waals surface area contributed by atoms with Crippen LogP contribution in [0.1, 0.15) is 103 Å². The Hall–Kier alpha value is -7.04. The monoisotopic (exact) mass is 980 g/mol. The molecule has 0 aromatic carbocycles. The van der Waals surface area contributed by atoms with Crippen molar-refractivity contribution < 1.29 is 115 Å². The highest BCUT2D eigenvalue weighted by Gasteiger charge is 2.37.